The van der Waals surface area contributed by atoms with Gasteiger partial charge >= 0.3 is 0 Å². The van der Waals surface area contributed by atoms with Gasteiger partial charge in [0.25, 0.3) is 0 Å². The number of carbonyl (C=O) groups excluding carboxylic acids is 1. The van der Waals surface area contributed by atoms with Gasteiger partial charge in [0.2, 0.25) is 5.91 Å². The summed E-state index contributed by atoms with van der Waals surface area (Å²) >= 11 is 0. The number of amides is 1. The average molecular weight is 323 g/mol. The molecule has 2 N–H and O–H groups in total. The van der Waals surface area contributed by atoms with E-state index in [9.17, 15) is 4.79 Å². The van der Waals surface area contributed by atoms with Crippen molar-refractivity contribution in [3.05, 3.63) is 11.6 Å². The Kier molecular flexibility index (Phi) is 5.24. The number of ether oxygens (including phenoxy) is 2. The first kappa shape index (κ1) is 16.4. The molecule has 8 heteroatoms. The molecule has 1 aromatic heterocycles. The smallest absolute Gasteiger partial charge is 0.237 e. The molecule has 2 aliphatic rings. The van der Waals surface area contributed by atoms with E-state index in [1.54, 1.807) is 0 Å². The van der Waals surface area contributed by atoms with Crippen molar-refractivity contribution in [2.24, 2.45) is 0 Å². The van der Waals surface area contributed by atoms with Crippen LogP contribution in [0.2, 0.25) is 0 Å². The zero-order chi connectivity index (χ0) is 16.2. The van der Waals surface area contributed by atoms with Crippen LogP contribution in [0.3, 0.4) is 0 Å². The first-order valence-electron chi connectivity index (χ1n) is 8.27. The molecule has 1 amide bonds. The Morgan fingerprint density at radius 2 is 2.35 bits per heavy atom. The SMILES string of the molecule is Cc1nc([C@@H]2CN([C@@H](C)C(=O)NC[C@@H]3CCCO3)CCO2)n[nH]1. The van der Waals surface area contributed by atoms with Gasteiger partial charge in [-0.3, -0.25) is 14.8 Å². The zero-order valence-corrected chi connectivity index (χ0v) is 13.7. The van der Waals surface area contributed by atoms with Gasteiger partial charge in [0.1, 0.15) is 11.9 Å². The normalized spacial score (nSPS) is 27.0. The number of aromatic amines is 1. The van der Waals surface area contributed by atoms with Gasteiger partial charge in [-0.1, -0.05) is 0 Å². The summed E-state index contributed by atoms with van der Waals surface area (Å²) in [5.41, 5.74) is 0. The Labute approximate surface area is 135 Å². The van der Waals surface area contributed by atoms with E-state index >= 15 is 0 Å². The van der Waals surface area contributed by atoms with Crippen LogP contribution in [-0.4, -0.2) is 71.0 Å². The lowest BCUT2D eigenvalue weighted by molar-refractivity contribution is -0.130. The number of hydrogen-bond acceptors (Lipinski definition) is 6. The minimum atomic E-state index is -0.206. The van der Waals surface area contributed by atoms with E-state index in [0.29, 0.717) is 25.5 Å². The largest absolute Gasteiger partial charge is 0.376 e. The summed E-state index contributed by atoms with van der Waals surface area (Å²) < 4.78 is 11.3. The summed E-state index contributed by atoms with van der Waals surface area (Å²) in [6.45, 7) is 7.10. The lowest BCUT2D eigenvalue weighted by Gasteiger charge is -2.35. The van der Waals surface area contributed by atoms with E-state index in [1.165, 1.54) is 0 Å². The van der Waals surface area contributed by atoms with Gasteiger partial charge in [-0.2, -0.15) is 5.10 Å². The van der Waals surface area contributed by atoms with Crippen LogP contribution in [0, 0.1) is 6.92 Å². The van der Waals surface area contributed by atoms with Crippen molar-refractivity contribution in [2.45, 2.75) is 44.9 Å². The number of carbonyl (C=O) groups is 1. The first-order valence-corrected chi connectivity index (χ1v) is 8.27. The number of aromatic nitrogens is 3. The van der Waals surface area contributed by atoms with Crippen LogP contribution in [0.4, 0.5) is 0 Å². The van der Waals surface area contributed by atoms with Gasteiger partial charge in [-0.05, 0) is 26.7 Å². The van der Waals surface area contributed by atoms with Crippen molar-refractivity contribution in [3.8, 4) is 0 Å². The third kappa shape index (κ3) is 4.07. The van der Waals surface area contributed by atoms with Crippen LogP contribution in [0.15, 0.2) is 0 Å². The second kappa shape index (κ2) is 7.37. The molecule has 0 unspecified atom stereocenters. The van der Waals surface area contributed by atoms with Crippen LogP contribution in [0.5, 0.6) is 0 Å². The standard InChI is InChI=1S/C15H25N5O3/c1-10(15(21)16-8-12-4-3-6-22-12)20-5-7-23-13(9-20)14-17-11(2)18-19-14/h10,12-13H,3-9H2,1-2H3,(H,16,21)(H,17,18,19)/t10-,12-,13-/m0/s1. The Balaban J connectivity index is 1.51. The number of morpholine rings is 1. The highest BCUT2D eigenvalue weighted by Gasteiger charge is 2.30. The second-order valence-electron chi connectivity index (χ2n) is 6.19. The highest BCUT2D eigenvalue weighted by molar-refractivity contribution is 5.81. The molecular formula is C15H25N5O3. The number of nitrogens with zero attached hydrogens (tertiary/aromatic N) is 3. The summed E-state index contributed by atoms with van der Waals surface area (Å²) in [4.78, 5) is 18.8. The summed E-state index contributed by atoms with van der Waals surface area (Å²) in [6.07, 6.45) is 2.08. The van der Waals surface area contributed by atoms with Crippen LogP contribution in [0.1, 0.15) is 37.5 Å². The third-order valence-electron chi connectivity index (χ3n) is 4.46. The molecule has 0 radical (unpaired) electrons. The molecular weight excluding hydrogens is 298 g/mol. The quantitative estimate of drug-likeness (QED) is 0.802. The van der Waals surface area contributed by atoms with Crippen LogP contribution < -0.4 is 5.32 Å². The van der Waals surface area contributed by atoms with Gasteiger partial charge in [0.05, 0.1) is 18.8 Å². The Morgan fingerprint density at radius 1 is 1.48 bits per heavy atom. The summed E-state index contributed by atoms with van der Waals surface area (Å²) in [5.74, 6) is 1.45. The van der Waals surface area contributed by atoms with Gasteiger partial charge in [0, 0.05) is 26.2 Å². The molecule has 0 bridgehead atoms. The maximum Gasteiger partial charge on any atom is 0.237 e. The van der Waals surface area contributed by atoms with Crippen molar-refractivity contribution in [1.29, 1.82) is 0 Å². The molecule has 3 rings (SSSR count). The van der Waals surface area contributed by atoms with Gasteiger partial charge in [0.15, 0.2) is 5.82 Å². The van der Waals surface area contributed by atoms with E-state index in [-0.39, 0.29) is 24.2 Å². The van der Waals surface area contributed by atoms with Crippen LogP contribution >= 0.6 is 0 Å². The molecule has 3 atom stereocenters. The lowest BCUT2D eigenvalue weighted by atomic mass is 10.2. The topological polar surface area (TPSA) is 92.4 Å². The molecule has 2 fully saturated rings. The fourth-order valence-corrected chi connectivity index (χ4v) is 3.01. The van der Waals surface area contributed by atoms with Crippen LogP contribution in [-0.2, 0) is 14.3 Å². The number of rotatable bonds is 5. The number of nitrogens with one attached hydrogen (secondary N) is 2. The van der Waals surface area contributed by atoms with Crippen LogP contribution in [0.25, 0.3) is 0 Å². The first-order chi connectivity index (χ1) is 11.1. The van der Waals surface area contributed by atoms with E-state index < -0.39 is 0 Å². The second-order valence-corrected chi connectivity index (χ2v) is 6.19. The number of hydrogen-bond donors (Lipinski definition) is 2. The highest BCUT2D eigenvalue weighted by Crippen LogP contribution is 2.20. The molecule has 0 aliphatic carbocycles. The molecule has 3 heterocycles. The molecule has 2 saturated heterocycles. The molecule has 0 aromatic carbocycles. The average Bonchev–Trinajstić information content (AvgIpc) is 3.23. The number of H-pyrrole nitrogens is 1. The monoisotopic (exact) mass is 323 g/mol. The molecule has 23 heavy (non-hydrogen) atoms. The molecule has 2 aliphatic heterocycles. The molecule has 128 valence electrons. The van der Waals surface area contributed by atoms with Crippen molar-refractivity contribution < 1.29 is 14.3 Å². The maximum absolute atomic E-state index is 12.4. The summed E-state index contributed by atoms with van der Waals surface area (Å²) in [6, 6.07) is -0.206. The molecule has 1 aromatic rings. The Hall–Kier alpha value is -1.51. The van der Waals surface area contributed by atoms with E-state index in [1.807, 2.05) is 13.8 Å². The summed E-state index contributed by atoms with van der Waals surface area (Å²) in [5, 5.41) is 9.99. The maximum atomic E-state index is 12.4. The van der Waals surface area contributed by atoms with Gasteiger partial charge in [-0.15, -0.1) is 0 Å². The minimum Gasteiger partial charge on any atom is -0.376 e. The predicted octanol–water partition coefficient (Wildman–Crippen LogP) is 0.170. The predicted molar refractivity (Wildman–Crippen MR) is 82.8 cm³/mol. The highest BCUT2D eigenvalue weighted by atomic mass is 16.5. The summed E-state index contributed by atoms with van der Waals surface area (Å²) in [7, 11) is 0. The fraction of sp³-hybridized carbons (Fsp3) is 0.800. The lowest BCUT2D eigenvalue weighted by Crippen LogP contribution is -2.51. The van der Waals surface area contributed by atoms with Gasteiger partial charge < -0.3 is 14.8 Å². The number of aryl methyl sites for hydroxylation is 1. The molecule has 0 saturated carbocycles. The molecule has 0 spiro atoms. The zero-order valence-electron chi connectivity index (χ0n) is 13.7. The van der Waals surface area contributed by atoms with Crippen molar-refractivity contribution >= 4 is 5.91 Å². The third-order valence-corrected chi connectivity index (χ3v) is 4.46. The minimum absolute atomic E-state index is 0.0346. The Morgan fingerprint density at radius 3 is 3.04 bits per heavy atom. The fourth-order valence-electron chi connectivity index (χ4n) is 3.01. The van der Waals surface area contributed by atoms with Gasteiger partial charge in [-0.25, -0.2) is 4.98 Å². The van der Waals surface area contributed by atoms with Crippen molar-refractivity contribution in [1.82, 2.24) is 25.4 Å². The van der Waals surface area contributed by atoms with Crippen molar-refractivity contribution in [2.75, 3.05) is 32.8 Å². The van der Waals surface area contributed by atoms with E-state index in [0.717, 1.165) is 31.8 Å². The van der Waals surface area contributed by atoms with Crippen molar-refractivity contribution in [3.63, 3.8) is 0 Å². The molecule has 8 nitrogen and oxygen atoms in total. The Bertz CT molecular complexity index is 529. The van der Waals surface area contributed by atoms with E-state index in [4.69, 9.17) is 9.47 Å². The van der Waals surface area contributed by atoms with E-state index in [2.05, 4.69) is 25.4 Å².